The number of nitrogens with one attached hydrogen (secondary N) is 1. The number of pyridine rings is 1. The third-order valence-electron chi connectivity index (χ3n) is 4.08. The monoisotopic (exact) mass is 446 g/mol. The van der Waals surface area contributed by atoms with Crippen molar-refractivity contribution in [1.29, 1.82) is 0 Å². The van der Waals surface area contributed by atoms with Gasteiger partial charge in [0.05, 0.1) is 26.7 Å². The fourth-order valence-electron chi connectivity index (χ4n) is 2.60. The Kier molecular flexibility index (Phi) is 7.91. The van der Waals surface area contributed by atoms with E-state index < -0.39 is 0 Å². The summed E-state index contributed by atoms with van der Waals surface area (Å²) in [6, 6.07) is 11.3. The second-order valence-electron chi connectivity index (χ2n) is 6.02. The Morgan fingerprint density at radius 3 is 2.66 bits per heavy atom. The Labute approximate surface area is 182 Å². The summed E-state index contributed by atoms with van der Waals surface area (Å²) in [7, 11) is 0. The first-order chi connectivity index (χ1) is 14.1. The van der Waals surface area contributed by atoms with Crippen LogP contribution in [0.25, 0.3) is 10.2 Å². The number of anilines is 1. The van der Waals surface area contributed by atoms with Crippen LogP contribution in [0.15, 0.2) is 52.0 Å². The molecular weight excluding hydrogens is 424 g/mol. The lowest BCUT2D eigenvalue weighted by Gasteiger charge is -2.17. The van der Waals surface area contributed by atoms with E-state index in [-0.39, 0.29) is 11.8 Å². The van der Waals surface area contributed by atoms with E-state index in [9.17, 15) is 9.59 Å². The molecule has 1 N–H and O–H groups in total. The molecule has 6 nitrogen and oxygen atoms in total. The third kappa shape index (κ3) is 6.19. The first kappa shape index (κ1) is 21.6. The molecule has 2 heterocycles. The van der Waals surface area contributed by atoms with Gasteiger partial charge < -0.3 is 10.2 Å². The molecule has 3 rings (SSSR count). The van der Waals surface area contributed by atoms with Crippen LogP contribution in [0.4, 0.5) is 5.69 Å². The van der Waals surface area contributed by atoms with Crippen molar-refractivity contribution in [2.45, 2.75) is 23.2 Å². The zero-order chi connectivity index (χ0) is 20.6. The van der Waals surface area contributed by atoms with E-state index in [4.69, 9.17) is 0 Å². The van der Waals surface area contributed by atoms with Crippen molar-refractivity contribution < 1.29 is 9.59 Å². The van der Waals surface area contributed by atoms with E-state index >= 15 is 0 Å². The number of thiazole rings is 1. The maximum atomic E-state index is 12.2. The Hall–Kier alpha value is -2.10. The second-order valence-corrected chi connectivity index (χ2v) is 9.27. The van der Waals surface area contributed by atoms with Gasteiger partial charge in [-0.15, -0.1) is 11.3 Å². The van der Waals surface area contributed by atoms with Crippen molar-refractivity contribution in [3.8, 4) is 0 Å². The Morgan fingerprint density at radius 1 is 1.10 bits per heavy atom. The summed E-state index contributed by atoms with van der Waals surface area (Å²) in [6.45, 7) is 5.40. The molecular formula is C20H22N4O2S3. The van der Waals surface area contributed by atoms with Crippen molar-refractivity contribution in [3.05, 3.63) is 42.6 Å². The van der Waals surface area contributed by atoms with Gasteiger partial charge in [0.15, 0.2) is 4.34 Å². The minimum atomic E-state index is -0.0797. The molecule has 0 bridgehead atoms. The highest BCUT2D eigenvalue weighted by atomic mass is 32.2. The van der Waals surface area contributed by atoms with Crippen molar-refractivity contribution in [3.63, 3.8) is 0 Å². The maximum absolute atomic E-state index is 12.2. The maximum Gasteiger partial charge on any atom is 0.234 e. The number of carbonyl (C=O) groups excluding carboxylic acids is 2. The summed E-state index contributed by atoms with van der Waals surface area (Å²) >= 11 is 4.39. The molecule has 2 amide bonds. The number of fused-ring (bicyclic) bond motifs is 1. The van der Waals surface area contributed by atoms with Crippen LogP contribution in [0.2, 0.25) is 0 Å². The van der Waals surface area contributed by atoms with Gasteiger partial charge in [0.25, 0.3) is 0 Å². The third-order valence-corrected chi connectivity index (χ3v) is 7.17. The van der Waals surface area contributed by atoms with Crippen LogP contribution in [0.1, 0.15) is 13.8 Å². The number of rotatable bonds is 9. The minimum Gasteiger partial charge on any atom is -0.343 e. The van der Waals surface area contributed by atoms with E-state index in [0.29, 0.717) is 11.5 Å². The SMILES string of the molecule is CCN(CC)C(=O)CSc1nc2ccc(NC(=O)CSc3ccccn3)cc2s1. The minimum absolute atomic E-state index is 0.0797. The molecule has 1 aromatic carbocycles. The van der Waals surface area contributed by atoms with E-state index in [2.05, 4.69) is 15.3 Å². The fourth-order valence-corrected chi connectivity index (χ4v) is 5.27. The number of hydrogen-bond donors (Lipinski definition) is 1. The molecule has 0 aliphatic rings. The topological polar surface area (TPSA) is 75.2 Å². The zero-order valence-corrected chi connectivity index (χ0v) is 18.7. The van der Waals surface area contributed by atoms with Crippen LogP contribution >= 0.6 is 34.9 Å². The number of aromatic nitrogens is 2. The van der Waals surface area contributed by atoms with Crippen LogP contribution in [0, 0.1) is 0 Å². The van der Waals surface area contributed by atoms with Crippen LogP contribution < -0.4 is 5.32 Å². The van der Waals surface area contributed by atoms with Gasteiger partial charge in [-0.25, -0.2) is 9.97 Å². The van der Waals surface area contributed by atoms with Gasteiger partial charge in [0.1, 0.15) is 0 Å². The van der Waals surface area contributed by atoms with Gasteiger partial charge in [-0.1, -0.05) is 29.6 Å². The first-order valence-corrected chi connectivity index (χ1v) is 12.0. The number of nitrogens with zero attached hydrogens (tertiary/aromatic N) is 3. The molecule has 0 unspecified atom stereocenters. The zero-order valence-electron chi connectivity index (χ0n) is 16.3. The number of amides is 2. The number of thioether (sulfide) groups is 2. The van der Waals surface area contributed by atoms with Gasteiger partial charge >= 0.3 is 0 Å². The molecule has 2 aromatic heterocycles. The summed E-state index contributed by atoms with van der Waals surface area (Å²) in [5.41, 5.74) is 1.61. The molecule has 3 aromatic rings. The average molecular weight is 447 g/mol. The molecule has 0 spiro atoms. The summed E-state index contributed by atoms with van der Waals surface area (Å²) in [5, 5.41) is 3.74. The Bertz CT molecular complexity index is 974. The lowest BCUT2D eigenvalue weighted by molar-refractivity contribution is -0.128. The fraction of sp³-hybridized carbons (Fsp3) is 0.300. The molecule has 0 atom stereocenters. The van der Waals surface area contributed by atoms with Gasteiger partial charge in [-0.3, -0.25) is 9.59 Å². The number of benzene rings is 1. The molecule has 0 saturated heterocycles. The van der Waals surface area contributed by atoms with E-state index in [1.165, 1.54) is 34.9 Å². The highest BCUT2D eigenvalue weighted by molar-refractivity contribution is 8.01. The smallest absolute Gasteiger partial charge is 0.234 e. The van der Waals surface area contributed by atoms with Crippen LogP contribution in [0.5, 0.6) is 0 Å². The highest BCUT2D eigenvalue weighted by Gasteiger charge is 2.13. The molecule has 29 heavy (non-hydrogen) atoms. The normalized spacial score (nSPS) is 10.8. The van der Waals surface area contributed by atoms with Gasteiger partial charge in [0.2, 0.25) is 11.8 Å². The predicted octanol–water partition coefficient (Wildman–Crippen LogP) is 4.38. The Morgan fingerprint density at radius 2 is 1.93 bits per heavy atom. The lowest BCUT2D eigenvalue weighted by atomic mass is 10.3. The molecule has 152 valence electrons. The average Bonchev–Trinajstić information content (AvgIpc) is 3.14. The highest BCUT2D eigenvalue weighted by Crippen LogP contribution is 2.31. The molecule has 0 fully saturated rings. The van der Waals surface area contributed by atoms with E-state index in [1.807, 2.05) is 55.1 Å². The number of hydrogen-bond acceptors (Lipinski definition) is 7. The largest absolute Gasteiger partial charge is 0.343 e. The standard InChI is InChI=1S/C20H22N4O2S3/c1-3-24(4-2)19(26)13-28-20-23-15-9-8-14(11-16(15)29-20)22-17(25)12-27-18-7-5-6-10-21-18/h5-11H,3-4,12-13H2,1-2H3,(H,22,25). The van der Waals surface area contributed by atoms with Gasteiger partial charge in [0, 0.05) is 25.0 Å². The predicted molar refractivity (Wildman–Crippen MR) is 122 cm³/mol. The molecule has 0 saturated carbocycles. The Balaban J connectivity index is 1.57. The van der Waals surface area contributed by atoms with E-state index in [1.54, 1.807) is 6.20 Å². The molecule has 0 aliphatic heterocycles. The van der Waals surface area contributed by atoms with Crippen molar-refractivity contribution in [2.24, 2.45) is 0 Å². The van der Waals surface area contributed by atoms with Crippen LogP contribution in [0.3, 0.4) is 0 Å². The van der Waals surface area contributed by atoms with Gasteiger partial charge in [-0.2, -0.15) is 0 Å². The lowest BCUT2D eigenvalue weighted by Crippen LogP contribution is -2.31. The summed E-state index contributed by atoms with van der Waals surface area (Å²) in [6.07, 6.45) is 1.71. The second kappa shape index (κ2) is 10.6. The molecule has 0 aliphatic carbocycles. The summed E-state index contributed by atoms with van der Waals surface area (Å²) < 4.78 is 1.84. The summed E-state index contributed by atoms with van der Waals surface area (Å²) in [4.78, 5) is 35.0. The van der Waals surface area contributed by atoms with Crippen molar-refractivity contribution in [2.75, 3.05) is 29.9 Å². The van der Waals surface area contributed by atoms with Crippen LogP contribution in [-0.2, 0) is 9.59 Å². The van der Waals surface area contributed by atoms with Crippen LogP contribution in [-0.4, -0.2) is 51.3 Å². The quantitative estimate of drug-likeness (QED) is 0.492. The first-order valence-electron chi connectivity index (χ1n) is 9.24. The van der Waals surface area contributed by atoms with Crippen molar-refractivity contribution in [1.82, 2.24) is 14.9 Å². The van der Waals surface area contributed by atoms with Crippen molar-refractivity contribution >= 4 is 62.6 Å². The molecule has 0 radical (unpaired) electrons. The number of carbonyl (C=O) groups is 2. The van der Waals surface area contributed by atoms with Gasteiger partial charge in [-0.05, 0) is 44.2 Å². The summed E-state index contributed by atoms with van der Waals surface area (Å²) in [5.74, 6) is 0.726. The van der Waals surface area contributed by atoms with E-state index in [0.717, 1.165) is 38.4 Å². The molecule has 9 heteroatoms.